The molecule has 3 heterocycles. The topological polar surface area (TPSA) is 97.0 Å². The van der Waals surface area contributed by atoms with Crippen molar-refractivity contribution >= 4 is 11.8 Å². The van der Waals surface area contributed by atoms with Gasteiger partial charge in [0.1, 0.15) is 12.2 Å². The standard InChI is InChI=1S/C15H19N5O2/c16-15(22)12-9-11(17-18-12)13-5-1-2-8-20(13)14(21)10-19-6-3-4-7-19/h3-4,6-7,9,13H,1-2,5,8,10H2,(H2,16,22)(H,17,18)/t13-/m0/s1. The van der Waals surface area contributed by atoms with Crippen LogP contribution in [-0.4, -0.2) is 38.0 Å². The van der Waals surface area contributed by atoms with Crippen molar-refractivity contribution in [3.8, 4) is 0 Å². The molecule has 3 rings (SSSR count). The second-order valence-electron chi connectivity index (χ2n) is 5.53. The SMILES string of the molecule is NC(=O)c1cc([C@@H]2CCCCN2C(=O)Cn2cccc2)[nH]n1. The number of aromatic amines is 1. The largest absolute Gasteiger partial charge is 0.364 e. The Morgan fingerprint density at radius 3 is 2.77 bits per heavy atom. The average Bonchev–Trinajstić information content (AvgIpc) is 3.18. The molecule has 3 N–H and O–H groups in total. The molecule has 2 aromatic heterocycles. The number of likely N-dealkylation sites (tertiary alicyclic amines) is 1. The van der Waals surface area contributed by atoms with Crippen LogP contribution >= 0.6 is 0 Å². The maximum Gasteiger partial charge on any atom is 0.269 e. The zero-order chi connectivity index (χ0) is 15.5. The van der Waals surface area contributed by atoms with Gasteiger partial charge in [0.2, 0.25) is 5.91 Å². The van der Waals surface area contributed by atoms with Crippen molar-refractivity contribution in [1.82, 2.24) is 19.7 Å². The number of hydrogen-bond donors (Lipinski definition) is 2. The number of primary amides is 1. The summed E-state index contributed by atoms with van der Waals surface area (Å²) >= 11 is 0. The molecule has 0 bridgehead atoms. The summed E-state index contributed by atoms with van der Waals surface area (Å²) in [6, 6.07) is 5.37. The van der Waals surface area contributed by atoms with Crippen LogP contribution in [0.25, 0.3) is 0 Å². The van der Waals surface area contributed by atoms with E-state index in [1.54, 1.807) is 6.07 Å². The summed E-state index contributed by atoms with van der Waals surface area (Å²) in [5.41, 5.74) is 6.22. The molecule has 2 amide bonds. The Bertz CT molecular complexity index is 661. The van der Waals surface area contributed by atoms with Crippen LogP contribution in [-0.2, 0) is 11.3 Å². The number of piperidine rings is 1. The van der Waals surface area contributed by atoms with E-state index in [-0.39, 0.29) is 17.6 Å². The van der Waals surface area contributed by atoms with Crippen molar-refractivity contribution in [2.45, 2.75) is 31.8 Å². The molecule has 0 radical (unpaired) electrons. The molecular weight excluding hydrogens is 282 g/mol. The Hall–Kier alpha value is -2.57. The molecule has 1 aliphatic heterocycles. The molecule has 22 heavy (non-hydrogen) atoms. The highest BCUT2D eigenvalue weighted by Gasteiger charge is 2.29. The average molecular weight is 301 g/mol. The summed E-state index contributed by atoms with van der Waals surface area (Å²) in [4.78, 5) is 25.6. The lowest BCUT2D eigenvalue weighted by Gasteiger charge is -2.35. The van der Waals surface area contributed by atoms with Gasteiger partial charge in [-0.3, -0.25) is 14.7 Å². The van der Waals surface area contributed by atoms with Gasteiger partial charge in [-0.25, -0.2) is 0 Å². The van der Waals surface area contributed by atoms with E-state index in [2.05, 4.69) is 10.2 Å². The Morgan fingerprint density at radius 1 is 1.32 bits per heavy atom. The van der Waals surface area contributed by atoms with E-state index in [0.717, 1.165) is 31.5 Å². The summed E-state index contributed by atoms with van der Waals surface area (Å²) in [6.07, 6.45) is 6.64. The van der Waals surface area contributed by atoms with Gasteiger partial charge in [0.25, 0.3) is 5.91 Å². The summed E-state index contributed by atoms with van der Waals surface area (Å²) in [6.45, 7) is 1.04. The first-order valence-electron chi connectivity index (χ1n) is 7.40. The Morgan fingerprint density at radius 2 is 2.09 bits per heavy atom. The minimum atomic E-state index is -0.566. The number of aromatic nitrogens is 3. The van der Waals surface area contributed by atoms with Crippen LogP contribution in [0, 0.1) is 0 Å². The molecule has 7 nitrogen and oxygen atoms in total. The maximum absolute atomic E-state index is 12.6. The number of carbonyl (C=O) groups excluding carboxylic acids is 2. The summed E-state index contributed by atoms with van der Waals surface area (Å²) in [7, 11) is 0. The lowest BCUT2D eigenvalue weighted by Crippen LogP contribution is -2.40. The van der Waals surface area contributed by atoms with Gasteiger partial charge in [-0.15, -0.1) is 0 Å². The van der Waals surface area contributed by atoms with Gasteiger partial charge in [-0.1, -0.05) is 0 Å². The number of carbonyl (C=O) groups is 2. The molecule has 0 spiro atoms. The Labute approximate surface area is 128 Å². The summed E-state index contributed by atoms with van der Waals surface area (Å²) < 4.78 is 1.86. The van der Waals surface area contributed by atoms with E-state index in [0.29, 0.717) is 6.54 Å². The number of nitrogens with zero attached hydrogens (tertiary/aromatic N) is 3. The number of amides is 2. The van der Waals surface area contributed by atoms with Crippen LogP contribution in [0.15, 0.2) is 30.6 Å². The Balaban J connectivity index is 1.78. The molecule has 0 aromatic carbocycles. The fourth-order valence-electron chi connectivity index (χ4n) is 2.91. The lowest BCUT2D eigenvalue weighted by molar-refractivity contribution is -0.135. The third-order valence-electron chi connectivity index (χ3n) is 4.02. The third kappa shape index (κ3) is 2.88. The molecule has 1 fully saturated rings. The highest BCUT2D eigenvalue weighted by atomic mass is 16.2. The summed E-state index contributed by atoms with van der Waals surface area (Å²) in [5, 5.41) is 6.77. The van der Waals surface area contributed by atoms with E-state index in [1.807, 2.05) is 34.0 Å². The minimum Gasteiger partial charge on any atom is -0.364 e. The van der Waals surface area contributed by atoms with Gasteiger partial charge < -0.3 is 15.2 Å². The summed E-state index contributed by atoms with van der Waals surface area (Å²) in [5.74, 6) is -0.500. The normalized spacial score (nSPS) is 18.4. The first kappa shape index (κ1) is 14.4. The smallest absolute Gasteiger partial charge is 0.269 e. The molecule has 1 aliphatic rings. The molecule has 2 aromatic rings. The van der Waals surface area contributed by atoms with Gasteiger partial charge in [0.15, 0.2) is 0 Å². The third-order valence-corrected chi connectivity index (χ3v) is 4.02. The lowest BCUT2D eigenvalue weighted by atomic mass is 9.99. The number of nitrogens with one attached hydrogen (secondary N) is 1. The van der Waals surface area contributed by atoms with Crippen LogP contribution in [0.2, 0.25) is 0 Å². The molecule has 0 aliphatic carbocycles. The highest BCUT2D eigenvalue weighted by molar-refractivity contribution is 5.90. The quantitative estimate of drug-likeness (QED) is 0.883. The first-order valence-corrected chi connectivity index (χ1v) is 7.40. The van der Waals surface area contributed by atoms with Crippen LogP contribution in [0.3, 0.4) is 0 Å². The fourth-order valence-corrected chi connectivity index (χ4v) is 2.91. The molecule has 116 valence electrons. The Kier molecular flexibility index (Phi) is 3.95. The van der Waals surface area contributed by atoms with E-state index in [1.165, 1.54) is 0 Å². The molecule has 0 saturated carbocycles. The molecular formula is C15H19N5O2. The monoisotopic (exact) mass is 301 g/mol. The maximum atomic E-state index is 12.6. The van der Waals surface area contributed by atoms with Crippen LogP contribution in [0.5, 0.6) is 0 Å². The van der Waals surface area contributed by atoms with Crippen molar-refractivity contribution in [3.63, 3.8) is 0 Å². The van der Waals surface area contributed by atoms with Crippen molar-refractivity contribution < 1.29 is 9.59 Å². The van der Waals surface area contributed by atoms with Crippen LogP contribution < -0.4 is 5.73 Å². The van der Waals surface area contributed by atoms with Gasteiger partial charge >= 0.3 is 0 Å². The van der Waals surface area contributed by atoms with E-state index < -0.39 is 5.91 Å². The van der Waals surface area contributed by atoms with Gasteiger partial charge in [0.05, 0.1) is 11.7 Å². The molecule has 1 saturated heterocycles. The van der Waals surface area contributed by atoms with Gasteiger partial charge in [-0.2, -0.15) is 5.10 Å². The van der Waals surface area contributed by atoms with Crippen molar-refractivity contribution in [1.29, 1.82) is 0 Å². The zero-order valence-electron chi connectivity index (χ0n) is 12.2. The zero-order valence-corrected chi connectivity index (χ0v) is 12.2. The molecule has 7 heteroatoms. The van der Waals surface area contributed by atoms with Gasteiger partial charge in [-0.05, 0) is 37.5 Å². The fraction of sp³-hybridized carbons (Fsp3) is 0.400. The number of H-pyrrole nitrogens is 1. The van der Waals surface area contributed by atoms with E-state index >= 15 is 0 Å². The second kappa shape index (κ2) is 6.05. The van der Waals surface area contributed by atoms with E-state index in [9.17, 15) is 9.59 Å². The second-order valence-corrected chi connectivity index (χ2v) is 5.53. The van der Waals surface area contributed by atoms with Gasteiger partial charge in [0, 0.05) is 18.9 Å². The number of rotatable bonds is 4. The highest BCUT2D eigenvalue weighted by Crippen LogP contribution is 2.30. The molecule has 1 atom stereocenters. The van der Waals surface area contributed by atoms with Crippen molar-refractivity contribution in [3.05, 3.63) is 42.0 Å². The van der Waals surface area contributed by atoms with Crippen LogP contribution in [0.1, 0.15) is 41.5 Å². The number of hydrogen-bond acceptors (Lipinski definition) is 3. The predicted octanol–water partition coefficient (Wildman–Crippen LogP) is 1.06. The van der Waals surface area contributed by atoms with Crippen molar-refractivity contribution in [2.24, 2.45) is 5.73 Å². The van der Waals surface area contributed by atoms with E-state index in [4.69, 9.17) is 5.73 Å². The minimum absolute atomic E-state index is 0.0659. The van der Waals surface area contributed by atoms with Crippen molar-refractivity contribution in [2.75, 3.05) is 6.54 Å². The predicted molar refractivity (Wildman–Crippen MR) is 79.8 cm³/mol. The molecule has 0 unspecified atom stereocenters. The first-order chi connectivity index (χ1) is 10.6. The van der Waals surface area contributed by atoms with Crippen LogP contribution in [0.4, 0.5) is 0 Å². The number of nitrogens with two attached hydrogens (primary N) is 1.